The molecule has 0 N–H and O–H groups in total. The summed E-state index contributed by atoms with van der Waals surface area (Å²) in [5.41, 5.74) is -0.442. The maximum absolute atomic E-state index is 12.1. The van der Waals surface area contributed by atoms with E-state index in [-0.39, 0.29) is 12.1 Å². The van der Waals surface area contributed by atoms with Gasteiger partial charge in [-0.2, -0.15) is 0 Å². The predicted octanol–water partition coefficient (Wildman–Crippen LogP) is 3.28. The summed E-state index contributed by atoms with van der Waals surface area (Å²) in [6, 6.07) is 4.42. The number of likely N-dealkylation sites (N-methyl/N-ethyl adjacent to an activating group) is 1. The fraction of sp³-hybridized carbons (Fsp3) is 0.688. The Bertz CT molecular complexity index is 464. The van der Waals surface area contributed by atoms with Gasteiger partial charge in [0.1, 0.15) is 11.4 Å². The summed E-state index contributed by atoms with van der Waals surface area (Å²) in [4.78, 5) is 16.2. The molecule has 1 amide bonds. The minimum atomic E-state index is -0.442. The topological polar surface area (TPSA) is 45.9 Å². The monoisotopic (exact) mass is 294 g/mol. The van der Waals surface area contributed by atoms with Crippen molar-refractivity contribution in [2.24, 2.45) is 0 Å². The Balaban J connectivity index is 1.91. The number of hydrogen-bond acceptors (Lipinski definition) is 4. The van der Waals surface area contributed by atoms with Crippen LogP contribution in [-0.2, 0) is 4.74 Å². The molecule has 5 heteroatoms. The third-order valence-corrected chi connectivity index (χ3v) is 3.96. The first kappa shape index (κ1) is 15.9. The fourth-order valence-corrected chi connectivity index (χ4v) is 2.61. The number of rotatable bonds is 3. The summed E-state index contributed by atoms with van der Waals surface area (Å²) in [5, 5.41) is 0. The zero-order chi connectivity index (χ0) is 15.6. The van der Waals surface area contributed by atoms with Gasteiger partial charge in [0.25, 0.3) is 0 Å². The minimum absolute atomic E-state index is 0.198. The average Bonchev–Trinajstić information content (AvgIpc) is 3.06. The molecule has 1 aromatic heterocycles. The van der Waals surface area contributed by atoms with Gasteiger partial charge in [-0.1, -0.05) is 0 Å². The van der Waals surface area contributed by atoms with E-state index < -0.39 is 5.60 Å². The van der Waals surface area contributed by atoms with Gasteiger partial charge in [-0.05, 0) is 53.3 Å². The Morgan fingerprint density at radius 1 is 1.52 bits per heavy atom. The lowest BCUT2D eigenvalue weighted by Gasteiger charge is -2.30. The third-order valence-electron chi connectivity index (χ3n) is 3.96. The van der Waals surface area contributed by atoms with Crippen molar-refractivity contribution in [3.05, 3.63) is 24.2 Å². The van der Waals surface area contributed by atoms with Gasteiger partial charge in [-0.3, -0.25) is 4.90 Å². The van der Waals surface area contributed by atoms with Crippen LogP contribution in [0, 0.1) is 0 Å². The quantitative estimate of drug-likeness (QED) is 0.858. The van der Waals surface area contributed by atoms with E-state index in [2.05, 4.69) is 18.9 Å². The second kappa shape index (κ2) is 6.10. The molecule has 2 rings (SSSR count). The van der Waals surface area contributed by atoms with E-state index in [0.717, 1.165) is 18.7 Å². The Labute approximate surface area is 126 Å². The number of furan rings is 1. The summed E-state index contributed by atoms with van der Waals surface area (Å²) in [7, 11) is 2.08. The van der Waals surface area contributed by atoms with Crippen LogP contribution >= 0.6 is 0 Å². The molecule has 1 aliphatic heterocycles. The summed E-state index contributed by atoms with van der Waals surface area (Å²) < 4.78 is 10.9. The van der Waals surface area contributed by atoms with E-state index in [1.54, 1.807) is 11.2 Å². The van der Waals surface area contributed by atoms with Crippen LogP contribution in [0.4, 0.5) is 4.79 Å². The molecule has 2 atom stereocenters. The largest absolute Gasteiger partial charge is 0.468 e. The summed E-state index contributed by atoms with van der Waals surface area (Å²) >= 11 is 0. The number of ether oxygens (including phenoxy) is 1. The van der Waals surface area contributed by atoms with Crippen molar-refractivity contribution in [1.29, 1.82) is 0 Å². The molecule has 1 fully saturated rings. The van der Waals surface area contributed by atoms with Crippen molar-refractivity contribution in [2.45, 2.75) is 51.8 Å². The molecule has 0 aromatic carbocycles. The number of nitrogens with zero attached hydrogens (tertiary/aromatic N) is 2. The van der Waals surface area contributed by atoms with Crippen LogP contribution in [0.3, 0.4) is 0 Å². The molecule has 1 aromatic rings. The lowest BCUT2D eigenvalue weighted by molar-refractivity contribution is 0.0277. The van der Waals surface area contributed by atoms with Crippen LogP contribution in [0.2, 0.25) is 0 Å². The van der Waals surface area contributed by atoms with Crippen LogP contribution in [0.15, 0.2) is 22.8 Å². The highest BCUT2D eigenvalue weighted by Gasteiger charge is 2.33. The lowest BCUT2D eigenvalue weighted by atomic mass is 10.1. The van der Waals surface area contributed by atoms with Crippen molar-refractivity contribution in [3.63, 3.8) is 0 Å². The molecule has 0 aliphatic carbocycles. The first-order valence-electron chi connectivity index (χ1n) is 7.51. The average molecular weight is 294 g/mol. The molecule has 0 spiro atoms. The van der Waals surface area contributed by atoms with Gasteiger partial charge in [-0.15, -0.1) is 0 Å². The summed E-state index contributed by atoms with van der Waals surface area (Å²) in [6.45, 7) is 9.25. The molecule has 0 bridgehead atoms. The molecule has 1 aliphatic rings. The van der Waals surface area contributed by atoms with Gasteiger partial charge < -0.3 is 14.1 Å². The standard InChI is InChI=1S/C16H26N2O3/c1-12(14-7-6-10-20-14)17(5)13-8-9-18(11-13)15(19)21-16(2,3)4/h6-7,10,12-13H,8-9,11H2,1-5H3/t12-,13-/m1/s1. The molecule has 2 heterocycles. The molecule has 118 valence electrons. The van der Waals surface area contributed by atoms with Crippen LogP contribution in [0.5, 0.6) is 0 Å². The molecule has 5 nitrogen and oxygen atoms in total. The molecule has 0 saturated carbocycles. The summed E-state index contributed by atoms with van der Waals surface area (Å²) in [6.07, 6.45) is 2.44. The molecular formula is C16H26N2O3. The number of hydrogen-bond donors (Lipinski definition) is 0. The first-order chi connectivity index (χ1) is 9.78. The van der Waals surface area contributed by atoms with Crippen molar-refractivity contribution < 1.29 is 13.9 Å². The van der Waals surface area contributed by atoms with Gasteiger partial charge in [0.15, 0.2) is 0 Å². The van der Waals surface area contributed by atoms with Crippen LogP contribution in [-0.4, -0.2) is 47.7 Å². The Morgan fingerprint density at radius 3 is 2.81 bits per heavy atom. The van der Waals surface area contributed by atoms with Crippen molar-refractivity contribution in [3.8, 4) is 0 Å². The van der Waals surface area contributed by atoms with E-state index in [9.17, 15) is 4.79 Å². The molecule has 0 unspecified atom stereocenters. The van der Waals surface area contributed by atoms with E-state index in [4.69, 9.17) is 9.15 Å². The maximum atomic E-state index is 12.1. The van der Waals surface area contributed by atoms with E-state index in [1.807, 2.05) is 32.9 Å². The highest BCUT2D eigenvalue weighted by molar-refractivity contribution is 5.68. The SMILES string of the molecule is C[C@H](c1ccco1)N(C)[C@@H]1CCN(C(=O)OC(C)(C)C)C1. The van der Waals surface area contributed by atoms with E-state index in [0.29, 0.717) is 12.6 Å². The number of amides is 1. The zero-order valence-electron chi connectivity index (χ0n) is 13.6. The van der Waals surface area contributed by atoms with Gasteiger partial charge >= 0.3 is 6.09 Å². The molecule has 21 heavy (non-hydrogen) atoms. The maximum Gasteiger partial charge on any atom is 0.410 e. The first-order valence-corrected chi connectivity index (χ1v) is 7.51. The van der Waals surface area contributed by atoms with Gasteiger partial charge in [-0.25, -0.2) is 4.79 Å². The Hall–Kier alpha value is -1.49. The number of carbonyl (C=O) groups excluding carboxylic acids is 1. The smallest absolute Gasteiger partial charge is 0.410 e. The van der Waals surface area contributed by atoms with Crippen LogP contribution in [0.1, 0.15) is 45.9 Å². The van der Waals surface area contributed by atoms with Gasteiger partial charge in [0.05, 0.1) is 12.3 Å². The Morgan fingerprint density at radius 2 is 2.24 bits per heavy atom. The normalized spacial score (nSPS) is 20.9. The Kier molecular flexibility index (Phi) is 4.61. The molecule has 1 saturated heterocycles. The second-order valence-corrected chi connectivity index (χ2v) is 6.73. The highest BCUT2D eigenvalue weighted by atomic mass is 16.6. The van der Waals surface area contributed by atoms with Gasteiger partial charge in [0, 0.05) is 19.1 Å². The van der Waals surface area contributed by atoms with Crippen molar-refractivity contribution in [1.82, 2.24) is 9.80 Å². The second-order valence-electron chi connectivity index (χ2n) is 6.73. The fourth-order valence-electron chi connectivity index (χ4n) is 2.61. The third kappa shape index (κ3) is 4.00. The van der Waals surface area contributed by atoms with Crippen molar-refractivity contribution >= 4 is 6.09 Å². The van der Waals surface area contributed by atoms with E-state index >= 15 is 0 Å². The van der Waals surface area contributed by atoms with Crippen molar-refractivity contribution in [2.75, 3.05) is 20.1 Å². The lowest BCUT2D eigenvalue weighted by Crippen LogP contribution is -2.39. The van der Waals surface area contributed by atoms with Gasteiger partial charge in [0.2, 0.25) is 0 Å². The zero-order valence-corrected chi connectivity index (χ0v) is 13.6. The summed E-state index contributed by atoms with van der Waals surface area (Å²) in [5.74, 6) is 0.952. The predicted molar refractivity (Wildman–Crippen MR) is 81.1 cm³/mol. The van der Waals surface area contributed by atoms with Crippen LogP contribution < -0.4 is 0 Å². The van der Waals surface area contributed by atoms with E-state index in [1.165, 1.54) is 0 Å². The van der Waals surface area contributed by atoms with Crippen LogP contribution in [0.25, 0.3) is 0 Å². The highest BCUT2D eigenvalue weighted by Crippen LogP contribution is 2.26. The number of carbonyl (C=O) groups is 1. The molecule has 0 radical (unpaired) electrons. The minimum Gasteiger partial charge on any atom is -0.468 e. The molecular weight excluding hydrogens is 268 g/mol. The number of likely N-dealkylation sites (tertiary alicyclic amines) is 1.